The highest BCUT2D eigenvalue weighted by atomic mass is 16.7. The third-order valence-corrected chi connectivity index (χ3v) is 9.27. The molecule has 1 amide bonds. The molecule has 4 aromatic rings. The van der Waals surface area contributed by atoms with Crippen molar-refractivity contribution in [2.75, 3.05) is 32.7 Å². The minimum absolute atomic E-state index is 0.00149. The zero-order valence-electron chi connectivity index (χ0n) is 27.7. The number of ether oxygens (including phenoxy) is 2. The summed E-state index contributed by atoms with van der Waals surface area (Å²) in [5.41, 5.74) is 7.13. The molecule has 2 heterocycles. The number of benzene rings is 4. The van der Waals surface area contributed by atoms with E-state index in [2.05, 4.69) is 51.5 Å². The van der Waals surface area contributed by atoms with Crippen molar-refractivity contribution in [2.24, 2.45) is 0 Å². The normalized spacial score (nSPS) is 20.1. The SMILES string of the molecule is O=C(O)CCC(=O)NCc1cccc(-c2cccc([C@@H]3O[C@H](CN4CCN(Cc5ccccc5)CC4)C[C@H](c4ccc(CO)cc4)O3)c2)c1. The lowest BCUT2D eigenvalue weighted by molar-refractivity contribution is -0.253. The van der Waals surface area contributed by atoms with Gasteiger partial charge in [-0.05, 0) is 45.5 Å². The maximum atomic E-state index is 12.1. The summed E-state index contributed by atoms with van der Waals surface area (Å²) in [6.07, 6.45) is -0.246. The van der Waals surface area contributed by atoms with Gasteiger partial charge in [0.05, 0.1) is 25.2 Å². The molecular weight excluding hydrogens is 618 g/mol. The second kappa shape index (κ2) is 16.8. The molecule has 4 aromatic carbocycles. The largest absolute Gasteiger partial charge is 0.481 e. The van der Waals surface area contributed by atoms with Crippen molar-refractivity contribution in [1.82, 2.24) is 15.1 Å². The van der Waals surface area contributed by atoms with Crippen molar-refractivity contribution in [1.29, 1.82) is 0 Å². The number of aliphatic hydroxyl groups excluding tert-OH is 1. The molecule has 2 saturated heterocycles. The lowest BCUT2D eigenvalue weighted by Crippen LogP contribution is -2.49. The Morgan fingerprint density at radius 2 is 1.41 bits per heavy atom. The fourth-order valence-electron chi connectivity index (χ4n) is 6.53. The number of carboxylic acids is 1. The highest BCUT2D eigenvalue weighted by molar-refractivity contribution is 5.80. The molecule has 0 aliphatic carbocycles. The molecule has 0 spiro atoms. The van der Waals surface area contributed by atoms with Gasteiger partial charge in [-0.1, -0.05) is 91.0 Å². The van der Waals surface area contributed by atoms with Crippen LogP contribution in [0.4, 0.5) is 0 Å². The van der Waals surface area contributed by atoms with Crippen LogP contribution >= 0.6 is 0 Å². The Hall–Kier alpha value is -4.38. The van der Waals surface area contributed by atoms with Crippen LogP contribution in [0.3, 0.4) is 0 Å². The molecule has 2 aliphatic rings. The number of nitrogens with one attached hydrogen (secondary N) is 1. The summed E-state index contributed by atoms with van der Waals surface area (Å²) in [6, 6.07) is 34.8. The summed E-state index contributed by atoms with van der Waals surface area (Å²) in [4.78, 5) is 27.9. The van der Waals surface area contributed by atoms with Gasteiger partial charge in [-0.25, -0.2) is 0 Å². The fourth-order valence-corrected chi connectivity index (χ4v) is 6.53. The number of carbonyl (C=O) groups is 2. The van der Waals surface area contributed by atoms with Crippen LogP contribution in [0, 0.1) is 0 Å². The summed E-state index contributed by atoms with van der Waals surface area (Å²) in [5.74, 6) is -1.27. The first kappa shape index (κ1) is 34.5. The maximum absolute atomic E-state index is 12.1. The third-order valence-electron chi connectivity index (χ3n) is 9.27. The van der Waals surface area contributed by atoms with Gasteiger partial charge in [0.25, 0.3) is 0 Å². The van der Waals surface area contributed by atoms with E-state index in [1.165, 1.54) is 5.56 Å². The molecular formula is C40H45N3O6. The predicted octanol–water partition coefficient (Wildman–Crippen LogP) is 5.69. The molecule has 0 aromatic heterocycles. The third kappa shape index (κ3) is 9.84. The maximum Gasteiger partial charge on any atom is 0.303 e. The van der Waals surface area contributed by atoms with E-state index in [-0.39, 0.29) is 37.6 Å². The highest BCUT2D eigenvalue weighted by Gasteiger charge is 2.34. The van der Waals surface area contributed by atoms with Gasteiger partial charge in [0.2, 0.25) is 5.91 Å². The van der Waals surface area contributed by atoms with E-state index in [1.807, 2.05) is 66.7 Å². The van der Waals surface area contributed by atoms with Crippen molar-refractivity contribution >= 4 is 11.9 Å². The van der Waals surface area contributed by atoms with Crippen LogP contribution in [0.15, 0.2) is 103 Å². The summed E-state index contributed by atoms with van der Waals surface area (Å²) < 4.78 is 13.4. The number of hydrogen-bond acceptors (Lipinski definition) is 7. The van der Waals surface area contributed by atoms with Crippen molar-refractivity contribution in [3.05, 3.63) is 131 Å². The lowest BCUT2D eigenvalue weighted by atomic mass is 9.98. The Kier molecular flexibility index (Phi) is 11.8. The van der Waals surface area contributed by atoms with E-state index in [9.17, 15) is 14.7 Å². The molecule has 9 nitrogen and oxygen atoms in total. The quantitative estimate of drug-likeness (QED) is 0.167. The molecule has 9 heteroatoms. The first-order chi connectivity index (χ1) is 23.9. The van der Waals surface area contributed by atoms with Crippen LogP contribution in [-0.2, 0) is 38.8 Å². The number of carboxylic acid groups (broad SMARTS) is 1. The van der Waals surface area contributed by atoms with E-state index < -0.39 is 12.3 Å². The van der Waals surface area contributed by atoms with Crippen LogP contribution in [0.5, 0.6) is 0 Å². The molecule has 0 unspecified atom stereocenters. The molecule has 3 N–H and O–H groups in total. The molecule has 2 fully saturated rings. The van der Waals surface area contributed by atoms with E-state index in [1.54, 1.807) is 0 Å². The van der Waals surface area contributed by atoms with Gasteiger partial charge in [0, 0.05) is 64.2 Å². The van der Waals surface area contributed by atoms with Gasteiger partial charge in [-0.3, -0.25) is 19.4 Å². The minimum atomic E-state index is -0.988. The van der Waals surface area contributed by atoms with Crippen molar-refractivity contribution < 1.29 is 29.3 Å². The molecule has 256 valence electrons. The lowest BCUT2D eigenvalue weighted by Gasteiger charge is -2.41. The molecule has 6 rings (SSSR count). The van der Waals surface area contributed by atoms with Gasteiger partial charge in [-0.15, -0.1) is 0 Å². The monoisotopic (exact) mass is 663 g/mol. The first-order valence-electron chi connectivity index (χ1n) is 17.1. The summed E-state index contributed by atoms with van der Waals surface area (Å²) in [6.45, 7) is 6.11. The summed E-state index contributed by atoms with van der Waals surface area (Å²) in [7, 11) is 0. The topological polar surface area (TPSA) is 112 Å². The fraction of sp³-hybridized carbons (Fsp3) is 0.350. The minimum Gasteiger partial charge on any atom is -0.481 e. The van der Waals surface area contributed by atoms with Gasteiger partial charge in [0.1, 0.15) is 0 Å². The second-order valence-electron chi connectivity index (χ2n) is 12.9. The number of amides is 1. The standard InChI is InChI=1S/C40H45N3O6/c44-28-30-12-14-32(15-13-30)37-24-36(27-43-20-18-42(19-21-43)26-29-6-2-1-3-7-29)48-40(49-37)35-11-5-10-34(23-35)33-9-4-8-31(22-33)25-41-38(45)16-17-39(46)47/h1-15,22-23,36-37,40,44H,16-21,24-28H2,(H,41,45)(H,46,47)/t36-,37+,40+/m0/s1. The number of carbonyl (C=O) groups excluding carboxylic acids is 1. The average molecular weight is 664 g/mol. The van der Waals surface area contributed by atoms with Crippen LogP contribution < -0.4 is 5.32 Å². The second-order valence-corrected chi connectivity index (χ2v) is 12.9. The van der Waals surface area contributed by atoms with Gasteiger partial charge in [0.15, 0.2) is 6.29 Å². The van der Waals surface area contributed by atoms with Gasteiger partial charge < -0.3 is 25.0 Å². The number of hydrogen-bond donors (Lipinski definition) is 3. The summed E-state index contributed by atoms with van der Waals surface area (Å²) >= 11 is 0. The Labute approximate surface area is 288 Å². The van der Waals surface area contributed by atoms with E-state index in [0.29, 0.717) is 6.54 Å². The summed E-state index contributed by atoms with van der Waals surface area (Å²) in [5, 5.41) is 21.2. The Morgan fingerprint density at radius 1 is 0.714 bits per heavy atom. The van der Waals surface area contributed by atoms with Crippen LogP contribution in [0.2, 0.25) is 0 Å². The van der Waals surface area contributed by atoms with Gasteiger partial charge >= 0.3 is 5.97 Å². The highest BCUT2D eigenvalue weighted by Crippen LogP contribution is 2.39. The average Bonchev–Trinajstić information content (AvgIpc) is 3.14. The van der Waals surface area contributed by atoms with Crippen LogP contribution in [-0.4, -0.2) is 70.7 Å². The number of piperazine rings is 1. The zero-order valence-corrected chi connectivity index (χ0v) is 27.7. The van der Waals surface area contributed by atoms with E-state index in [4.69, 9.17) is 14.6 Å². The Balaban J connectivity index is 1.14. The Bertz CT molecular complexity index is 1670. The number of aliphatic hydroxyl groups is 1. The molecule has 0 saturated carbocycles. The molecule has 0 bridgehead atoms. The molecule has 2 aliphatic heterocycles. The molecule has 3 atom stereocenters. The molecule has 0 radical (unpaired) electrons. The van der Waals surface area contributed by atoms with Crippen molar-refractivity contribution in [2.45, 2.75) is 57.5 Å². The van der Waals surface area contributed by atoms with E-state index >= 15 is 0 Å². The zero-order chi connectivity index (χ0) is 34.0. The smallest absolute Gasteiger partial charge is 0.303 e. The number of aliphatic carboxylic acids is 1. The van der Waals surface area contributed by atoms with Crippen molar-refractivity contribution in [3.63, 3.8) is 0 Å². The number of nitrogens with zero attached hydrogens (tertiary/aromatic N) is 2. The van der Waals surface area contributed by atoms with Gasteiger partial charge in [-0.2, -0.15) is 0 Å². The van der Waals surface area contributed by atoms with E-state index in [0.717, 1.165) is 79.1 Å². The molecule has 49 heavy (non-hydrogen) atoms. The van der Waals surface area contributed by atoms with Crippen LogP contribution in [0.25, 0.3) is 11.1 Å². The predicted molar refractivity (Wildman–Crippen MR) is 187 cm³/mol. The number of rotatable bonds is 13. The first-order valence-corrected chi connectivity index (χ1v) is 17.1. The van der Waals surface area contributed by atoms with Crippen LogP contribution in [0.1, 0.15) is 59.5 Å². The Morgan fingerprint density at radius 3 is 2.14 bits per heavy atom. The van der Waals surface area contributed by atoms with Crippen molar-refractivity contribution in [3.8, 4) is 11.1 Å².